The summed E-state index contributed by atoms with van der Waals surface area (Å²) >= 11 is 0. The number of piperidine rings is 1. The van der Waals surface area contributed by atoms with Gasteiger partial charge in [0.1, 0.15) is 0 Å². The first-order chi connectivity index (χ1) is 14.5. The highest BCUT2D eigenvalue weighted by Gasteiger charge is 2.33. The summed E-state index contributed by atoms with van der Waals surface area (Å²) in [7, 11) is 0. The van der Waals surface area contributed by atoms with Gasteiger partial charge in [0.2, 0.25) is 5.91 Å². The molecule has 2 aliphatic rings. The zero-order valence-electron chi connectivity index (χ0n) is 16.9. The Hall–Kier alpha value is -3.15. The molecule has 2 aliphatic heterocycles. The summed E-state index contributed by atoms with van der Waals surface area (Å²) in [5, 5.41) is 8.79. The van der Waals surface area contributed by atoms with Crippen LogP contribution in [0.15, 0.2) is 48.5 Å². The van der Waals surface area contributed by atoms with Gasteiger partial charge in [-0.3, -0.25) is 14.4 Å². The molecule has 1 fully saturated rings. The fraction of sp³-hybridized carbons (Fsp3) is 0.375. The van der Waals surface area contributed by atoms with Crippen LogP contribution >= 0.6 is 0 Å². The Labute approximate surface area is 176 Å². The lowest BCUT2D eigenvalue weighted by molar-refractivity contribution is -0.137. The zero-order chi connectivity index (χ0) is 21.1. The summed E-state index contributed by atoms with van der Waals surface area (Å²) < 4.78 is 0. The maximum Gasteiger partial charge on any atom is 0.303 e. The third kappa shape index (κ3) is 4.22. The predicted octanol–water partition coefficient (Wildman–Crippen LogP) is 3.29. The zero-order valence-corrected chi connectivity index (χ0v) is 16.9. The van der Waals surface area contributed by atoms with Crippen molar-refractivity contribution in [1.29, 1.82) is 0 Å². The van der Waals surface area contributed by atoms with Crippen molar-refractivity contribution in [1.82, 2.24) is 4.90 Å². The van der Waals surface area contributed by atoms with Gasteiger partial charge in [-0.25, -0.2) is 0 Å². The van der Waals surface area contributed by atoms with Crippen LogP contribution < -0.4 is 4.90 Å². The quantitative estimate of drug-likeness (QED) is 0.827. The third-order valence-electron chi connectivity index (χ3n) is 6.07. The van der Waals surface area contributed by atoms with Gasteiger partial charge in [-0.2, -0.15) is 0 Å². The molecule has 30 heavy (non-hydrogen) atoms. The molecule has 0 aromatic heterocycles. The molecule has 2 amide bonds. The van der Waals surface area contributed by atoms with Crippen molar-refractivity contribution in [2.75, 3.05) is 18.0 Å². The minimum absolute atomic E-state index is 0.0106. The van der Waals surface area contributed by atoms with E-state index in [1.807, 2.05) is 40.1 Å². The van der Waals surface area contributed by atoms with E-state index in [9.17, 15) is 14.4 Å². The number of nitrogens with zero attached hydrogens (tertiary/aromatic N) is 2. The number of hydrogen-bond donors (Lipinski definition) is 1. The molecule has 0 aliphatic carbocycles. The second-order valence-electron chi connectivity index (χ2n) is 8.01. The summed E-state index contributed by atoms with van der Waals surface area (Å²) in [6, 6.07) is 15.4. The number of aliphatic carboxylic acids is 1. The van der Waals surface area contributed by atoms with Gasteiger partial charge in [0, 0.05) is 43.2 Å². The van der Waals surface area contributed by atoms with Gasteiger partial charge in [0.25, 0.3) is 5.91 Å². The molecule has 2 aromatic carbocycles. The minimum Gasteiger partial charge on any atom is -0.481 e. The number of hydrogen-bond acceptors (Lipinski definition) is 3. The lowest BCUT2D eigenvalue weighted by Gasteiger charge is -2.41. The van der Waals surface area contributed by atoms with E-state index in [1.54, 1.807) is 12.1 Å². The average molecular weight is 406 g/mol. The summed E-state index contributed by atoms with van der Waals surface area (Å²) in [5.41, 5.74) is 3.77. The number of aryl methyl sites for hydroxylation is 2. The summed E-state index contributed by atoms with van der Waals surface area (Å²) in [6.07, 6.45) is 3.42. The highest BCUT2D eigenvalue weighted by atomic mass is 16.4. The standard InChI is InChI=1S/C24H26N2O4/c27-22-11-10-18-3-1-2-4-21(18)26(22)20-13-15-25(16-14-20)24(30)19-8-5-17(6-9-19)7-12-23(28)29/h1-6,8-9,20H,7,10-16H2,(H,28,29). The summed E-state index contributed by atoms with van der Waals surface area (Å²) in [5.74, 6) is -0.660. The van der Waals surface area contributed by atoms with E-state index in [2.05, 4.69) is 6.07 Å². The van der Waals surface area contributed by atoms with E-state index in [0.29, 0.717) is 31.5 Å². The Morgan fingerprint density at radius 2 is 1.67 bits per heavy atom. The van der Waals surface area contributed by atoms with Crippen LogP contribution in [0.5, 0.6) is 0 Å². The Balaban J connectivity index is 1.38. The average Bonchev–Trinajstić information content (AvgIpc) is 2.78. The van der Waals surface area contributed by atoms with Crippen molar-refractivity contribution in [2.24, 2.45) is 0 Å². The highest BCUT2D eigenvalue weighted by Crippen LogP contribution is 2.32. The van der Waals surface area contributed by atoms with E-state index in [1.165, 1.54) is 5.56 Å². The minimum atomic E-state index is -0.826. The van der Waals surface area contributed by atoms with Crippen LogP contribution in [0.2, 0.25) is 0 Å². The van der Waals surface area contributed by atoms with E-state index < -0.39 is 5.97 Å². The molecular weight excluding hydrogens is 380 g/mol. The number of benzene rings is 2. The fourth-order valence-corrected chi connectivity index (χ4v) is 4.43. The van der Waals surface area contributed by atoms with E-state index in [0.717, 1.165) is 30.5 Å². The molecule has 4 rings (SSSR count). The van der Waals surface area contributed by atoms with Gasteiger partial charge in [-0.1, -0.05) is 30.3 Å². The number of carbonyl (C=O) groups is 3. The molecule has 6 heteroatoms. The van der Waals surface area contributed by atoms with Gasteiger partial charge < -0.3 is 14.9 Å². The molecule has 0 spiro atoms. The number of carboxylic acids is 1. The monoisotopic (exact) mass is 406 g/mol. The van der Waals surface area contributed by atoms with Crippen LogP contribution in [0.3, 0.4) is 0 Å². The fourth-order valence-electron chi connectivity index (χ4n) is 4.43. The largest absolute Gasteiger partial charge is 0.481 e. The number of para-hydroxylation sites is 1. The van der Waals surface area contributed by atoms with Crippen molar-refractivity contribution >= 4 is 23.5 Å². The number of rotatable bonds is 5. The number of fused-ring (bicyclic) bond motifs is 1. The molecular formula is C24H26N2O4. The Morgan fingerprint density at radius 1 is 0.967 bits per heavy atom. The molecule has 6 nitrogen and oxygen atoms in total. The van der Waals surface area contributed by atoms with Crippen LogP contribution in [0.4, 0.5) is 5.69 Å². The number of carbonyl (C=O) groups excluding carboxylic acids is 2. The molecule has 1 N–H and O–H groups in total. The highest BCUT2D eigenvalue weighted by molar-refractivity contribution is 5.97. The molecule has 0 atom stereocenters. The summed E-state index contributed by atoms with van der Waals surface area (Å²) in [4.78, 5) is 40.0. The van der Waals surface area contributed by atoms with Gasteiger partial charge >= 0.3 is 5.97 Å². The van der Waals surface area contributed by atoms with E-state index in [-0.39, 0.29) is 24.3 Å². The molecule has 2 aromatic rings. The topological polar surface area (TPSA) is 77.9 Å². The Bertz CT molecular complexity index is 946. The SMILES string of the molecule is O=C(O)CCc1ccc(C(=O)N2CCC(N3C(=O)CCc4ccccc43)CC2)cc1. The molecule has 1 saturated heterocycles. The predicted molar refractivity (Wildman–Crippen MR) is 114 cm³/mol. The molecule has 0 saturated carbocycles. The molecule has 156 valence electrons. The normalized spacial score (nSPS) is 17.0. The maximum absolute atomic E-state index is 12.9. The van der Waals surface area contributed by atoms with Crippen molar-refractivity contribution in [3.05, 3.63) is 65.2 Å². The number of carboxylic acid groups (broad SMARTS) is 1. The van der Waals surface area contributed by atoms with Gasteiger partial charge in [-0.05, 0) is 55.0 Å². The van der Waals surface area contributed by atoms with Crippen LogP contribution in [0, 0.1) is 0 Å². The van der Waals surface area contributed by atoms with Crippen molar-refractivity contribution in [3.8, 4) is 0 Å². The second kappa shape index (κ2) is 8.69. The Kier molecular flexibility index (Phi) is 5.84. The van der Waals surface area contributed by atoms with Crippen molar-refractivity contribution in [2.45, 2.75) is 44.6 Å². The smallest absolute Gasteiger partial charge is 0.303 e. The van der Waals surface area contributed by atoms with Crippen LogP contribution in [0.1, 0.15) is 47.2 Å². The summed E-state index contributed by atoms with van der Waals surface area (Å²) in [6.45, 7) is 1.24. The third-order valence-corrected chi connectivity index (χ3v) is 6.07. The first kappa shape index (κ1) is 20.1. The molecule has 0 radical (unpaired) electrons. The molecule has 2 heterocycles. The van der Waals surface area contributed by atoms with Gasteiger partial charge in [-0.15, -0.1) is 0 Å². The van der Waals surface area contributed by atoms with E-state index >= 15 is 0 Å². The number of likely N-dealkylation sites (tertiary alicyclic amines) is 1. The number of amides is 2. The first-order valence-electron chi connectivity index (χ1n) is 10.5. The molecule has 0 bridgehead atoms. The second-order valence-corrected chi connectivity index (χ2v) is 8.01. The maximum atomic E-state index is 12.9. The Morgan fingerprint density at radius 3 is 2.37 bits per heavy atom. The van der Waals surface area contributed by atoms with Crippen LogP contribution in [-0.4, -0.2) is 46.9 Å². The first-order valence-corrected chi connectivity index (χ1v) is 10.5. The molecule has 0 unspecified atom stereocenters. The van der Waals surface area contributed by atoms with Crippen molar-refractivity contribution in [3.63, 3.8) is 0 Å². The van der Waals surface area contributed by atoms with Gasteiger partial charge in [0.15, 0.2) is 0 Å². The lowest BCUT2D eigenvalue weighted by Crippen LogP contribution is -2.50. The van der Waals surface area contributed by atoms with Crippen molar-refractivity contribution < 1.29 is 19.5 Å². The van der Waals surface area contributed by atoms with Crippen LogP contribution in [0.25, 0.3) is 0 Å². The van der Waals surface area contributed by atoms with E-state index in [4.69, 9.17) is 5.11 Å². The lowest BCUT2D eigenvalue weighted by atomic mass is 9.95. The van der Waals surface area contributed by atoms with Gasteiger partial charge in [0.05, 0.1) is 0 Å². The number of anilines is 1. The van der Waals surface area contributed by atoms with Crippen LogP contribution in [-0.2, 0) is 22.4 Å².